The van der Waals surface area contributed by atoms with Crippen LogP contribution in [0.1, 0.15) is 37.3 Å². The molecule has 0 aromatic heterocycles. The third kappa shape index (κ3) is 6.51. The lowest BCUT2D eigenvalue weighted by atomic mass is 9.82. The summed E-state index contributed by atoms with van der Waals surface area (Å²) in [5.74, 6) is -2.70. The second kappa shape index (κ2) is 14.2. The zero-order valence-corrected chi connectivity index (χ0v) is 29.8. The van der Waals surface area contributed by atoms with Crippen molar-refractivity contribution in [3.63, 3.8) is 0 Å². The number of halogens is 1. The molecule has 6 rings (SSSR count). The second-order valence-electron chi connectivity index (χ2n) is 14.5. The first-order valence-electron chi connectivity index (χ1n) is 17.1. The molecule has 0 radical (unpaired) electrons. The van der Waals surface area contributed by atoms with Gasteiger partial charge in [-0.15, -0.1) is 0 Å². The number of amides is 3. The minimum absolute atomic E-state index is 0.117. The predicted octanol–water partition coefficient (Wildman–Crippen LogP) is 1.03. The van der Waals surface area contributed by atoms with Gasteiger partial charge in [-0.1, -0.05) is 19.1 Å². The maximum absolute atomic E-state index is 16.3. The van der Waals surface area contributed by atoms with Gasteiger partial charge in [-0.3, -0.25) is 24.5 Å². The molecule has 2 aromatic carbocycles. The lowest BCUT2D eigenvalue weighted by Crippen LogP contribution is -2.60. The smallest absolute Gasteiger partial charge is 0.269 e. The van der Waals surface area contributed by atoms with E-state index in [4.69, 9.17) is 9.47 Å². The zero-order valence-electron chi connectivity index (χ0n) is 28.8. The number of aliphatic hydroxyl groups is 5. The van der Waals surface area contributed by atoms with E-state index in [1.54, 1.807) is 24.0 Å². The third-order valence-corrected chi connectivity index (χ3v) is 13.3. The van der Waals surface area contributed by atoms with Crippen molar-refractivity contribution in [1.29, 1.82) is 0 Å². The first-order chi connectivity index (χ1) is 24.5. The number of fused-ring (bicyclic) bond motifs is 2. The van der Waals surface area contributed by atoms with Gasteiger partial charge in [0.25, 0.3) is 17.5 Å². The van der Waals surface area contributed by atoms with Crippen LogP contribution in [0.3, 0.4) is 0 Å². The topological polar surface area (TPSA) is 232 Å². The Morgan fingerprint density at radius 3 is 2.52 bits per heavy atom. The quantitative estimate of drug-likeness (QED) is 0.0915. The van der Waals surface area contributed by atoms with Crippen molar-refractivity contribution < 1.29 is 58.4 Å². The summed E-state index contributed by atoms with van der Waals surface area (Å²) in [5.41, 5.74) is -1.88. The average Bonchev–Trinajstić information content (AvgIpc) is 3.75. The van der Waals surface area contributed by atoms with Crippen molar-refractivity contribution in [2.45, 2.75) is 99.8 Å². The van der Waals surface area contributed by atoms with Crippen LogP contribution in [-0.2, 0) is 36.0 Å². The molecule has 4 heterocycles. The van der Waals surface area contributed by atoms with E-state index in [9.17, 15) is 50.0 Å². The van der Waals surface area contributed by atoms with Crippen molar-refractivity contribution in [2.75, 3.05) is 23.4 Å². The number of hydrogen-bond acceptors (Lipinski definition) is 12. The highest BCUT2D eigenvalue weighted by Crippen LogP contribution is 2.60. The molecule has 3 saturated heterocycles. The summed E-state index contributed by atoms with van der Waals surface area (Å²) < 4.78 is 27.9. The normalized spacial score (nSPS) is 33.1. The number of nitrogens with one attached hydrogen (secondary N) is 1. The molecule has 10 atom stereocenters. The zero-order chi connectivity index (χ0) is 37.9. The summed E-state index contributed by atoms with van der Waals surface area (Å²) >= 11 is 0. The molecule has 18 heteroatoms. The molecule has 0 bridgehead atoms. The number of carbonyl (C=O) groups excluding carboxylic acids is 3. The number of nitro benzene ring substituents is 1. The number of nitro groups is 1. The van der Waals surface area contributed by atoms with Gasteiger partial charge in [0, 0.05) is 41.4 Å². The molecular formula is C34H43FN4O12Si. The number of ether oxygens (including phenoxy) is 2. The van der Waals surface area contributed by atoms with Crippen LogP contribution in [0.2, 0.25) is 18.6 Å². The van der Waals surface area contributed by atoms with Crippen LogP contribution in [0.25, 0.3) is 0 Å². The number of hydrogen-bond donors (Lipinski definition) is 6. The molecule has 1 spiro atoms. The Morgan fingerprint density at radius 2 is 1.85 bits per heavy atom. The molecule has 2 aromatic rings. The number of benzene rings is 2. The molecule has 16 nitrogen and oxygen atoms in total. The van der Waals surface area contributed by atoms with E-state index in [-0.39, 0.29) is 48.5 Å². The van der Waals surface area contributed by atoms with E-state index >= 15 is 4.11 Å². The first kappa shape index (κ1) is 37.9. The molecule has 3 fully saturated rings. The summed E-state index contributed by atoms with van der Waals surface area (Å²) in [6.07, 6.45) is -9.11. The van der Waals surface area contributed by atoms with Crippen LogP contribution in [0.5, 0.6) is 0 Å². The van der Waals surface area contributed by atoms with Gasteiger partial charge >= 0.3 is 0 Å². The minimum atomic E-state index is -3.68. The van der Waals surface area contributed by atoms with Crippen molar-refractivity contribution in [2.24, 2.45) is 5.92 Å². The summed E-state index contributed by atoms with van der Waals surface area (Å²) in [5, 5.41) is 64.1. The van der Waals surface area contributed by atoms with E-state index in [0.29, 0.717) is 30.6 Å². The molecule has 0 aliphatic carbocycles. The molecular weight excluding hydrogens is 703 g/mol. The third-order valence-electron chi connectivity index (χ3n) is 10.8. The molecule has 0 saturated carbocycles. The fourth-order valence-corrected chi connectivity index (χ4v) is 10.9. The fraction of sp³-hybridized carbons (Fsp3) is 0.559. The SMILES string of the molecule is C[C@@H]1[C@@H]([Si](C)(C)F)[C@H](CC(=O)N2CCC[C@H]2CO)O[C@@]12C(=O)N(Cc1cccc(NC(=O)[C@H]3O[C@@H](O)[C@H](O)[C@@H](O)[C@@H]3O)c1)c1ccc([N+](=O)[O-])cc12. The molecule has 4 aliphatic rings. The van der Waals surface area contributed by atoms with E-state index in [2.05, 4.69) is 5.32 Å². The lowest BCUT2D eigenvalue weighted by Gasteiger charge is -2.37. The average molecular weight is 747 g/mol. The molecule has 4 aliphatic heterocycles. The highest BCUT2D eigenvalue weighted by Gasteiger charge is 2.67. The summed E-state index contributed by atoms with van der Waals surface area (Å²) in [4.78, 5) is 55.5. The Labute approximate surface area is 299 Å². The molecule has 52 heavy (non-hydrogen) atoms. The van der Waals surface area contributed by atoms with Gasteiger partial charge in [0.2, 0.25) is 14.3 Å². The van der Waals surface area contributed by atoms with Crippen molar-refractivity contribution in [3.05, 3.63) is 63.7 Å². The van der Waals surface area contributed by atoms with Gasteiger partial charge in [-0.05, 0) is 49.7 Å². The van der Waals surface area contributed by atoms with Gasteiger partial charge in [-0.2, -0.15) is 0 Å². The van der Waals surface area contributed by atoms with Crippen molar-refractivity contribution >= 4 is 43.2 Å². The Balaban J connectivity index is 1.31. The minimum Gasteiger partial charge on any atom is -0.394 e. The van der Waals surface area contributed by atoms with Crippen LogP contribution in [-0.4, -0.2) is 117 Å². The molecule has 6 N–H and O–H groups in total. The second-order valence-corrected chi connectivity index (χ2v) is 18.3. The number of aliphatic hydroxyl groups excluding tert-OH is 5. The number of carbonyl (C=O) groups is 3. The number of non-ortho nitro benzene ring substituents is 1. The van der Waals surface area contributed by atoms with Gasteiger partial charge in [0.05, 0.1) is 42.3 Å². The van der Waals surface area contributed by atoms with Crippen LogP contribution in [0, 0.1) is 16.0 Å². The number of anilines is 2. The van der Waals surface area contributed by atoms with Gasteiger partial charge in [0.1, 0.15) is 18.3 Å². The maximum Gasteiger partial charge on any atom is 0.269 e. The lowest BCUT2D eigenvalue weighted by molar-refractivity contribution is -0.385. The van der Waals surface area contributed by atoms with Crippen molar-refractivity contribution in [3.8, 4) is 0 Å². The van der Waals surface area contributed by atoms with Crippen LogP contribution < -0.4 is 10.2 Å². The number of rotatable bonds is 9. The van der Waals surface area contributed by atoms with Gasteiger partial charge in [-0.25, -0.2) is 0 Å². The highest BCUT2D eigenvalue weighted by atomic mass is 28.4. The summed E-state index contributed by atoms with van der Waals surface area (Å²) in [7, 11) is -3.68. The summed E-state index contributed by atoms with van der Waals surface area (Å²) in [6.45, 7) is 4.73. The molecule has 282 valence electrons. The van der Waals surface area contributed by atoms with E-state index in [1.807, 2.05) is 0 Å². The van der Waals surface area contributed by atoms with Gasteiger partial charge in [0.15, 0.2) is 18.0 Å². The monoisotopic (exact) mass is 746 g/mol. The largest absolute Gasteiger partial charge is 0.394 e. The molecule has 3 amide bonds. The Bertz CT molecular complexity index is 1750. The standard InChI is InChI=1S/C34H43FN4O12Si/c1-17-30(52(2,3)35)24(14-25(41)37-11-5-8-21(37)16-40)51-34(17)22-13-20(39(48)49)9-10-23(22)38(33(34)47)15-18-6-4-7-19(12-18)36-31(45)29-27(43)26(42)28(44)32(46)50-29/h4,6-7,9-10,12-13,17,21,24,26-30,32,40,42-44,46H,5,8,11,14-16H2,1-3H3,(H,36,45)/t17-,21+,24+,26+,27+,28-,29+,30-,32-,34+/m1/s1. The van der Waals surface area contributed by atoms with Crippen LogP contribution in [0.4, 0.5) is 21.2 Å². The highest BCUT2D eigenvalue weighted by molar-refractivity contribution is 6.72. The Hall–Kier alpha value is -3.88. The van der Waals surface area contributed by atoms with E-state index < -0.39 is 79.0 Å². The van der Waals surface area contributed by atoms with Crippen LogP contribution >= 0.6 is 0 Å². The Morgan fingerprint density at radius 1 is 1.12 bits per heavy atom. The maximum atomic E-state index is 16.3. The predicted molar refractivity (Wildman–Crippen MR) is 183 cm³/mol. The fourth-order valence-electron chi connectivity index (χ4n) is 8.37. The molecule has 0 unspecified atom stereocenters. The summed E-state index contributed by atoms with van der Waals surface area (Å²) in [6, 6.07) is 9.82. The first-order valence-corrected chi connectivity index (χ1v) is 20.1. The van der Waals surface area contributed by atoms with Crippen LogP contribution in [0.15, 0.2) is 42.5 Å². The van der Waals surface area contributed by atoms with E-state index in [1.165, 1.54) is 48.3 Å². The number of nitrogens with zero attached hydrogens (tertiary/aromatic N) is 3. The number of likely N-dealkylation sites (tertiary alicyclic amines) is 1. The van der Waals surface area contributed by atoms with Gasteiger partial charge < -0.3 is 54.2 Å². The van der Waals surface area contributed by atoms with Crippen molar-refractivity contribution in [1.82, 2.24) is 4.90 Å². The van der Waals surface area contributed by atoms with E-state index in [0.717, 1.165) is 0 Å². The Kier molecular flexibility index (Phi) is 10.3.